The van der Waals surface area contributed by atoms with Gasteiger partial charge in [0.1, 0.15) is 11.6 Å². The minimum Gasteiger partial charge on any atom is -0.496 e. The Morgan fingerprint density at radius 3 is 2.21 bits per heavy atom. The van der Waals surface area contributed by atoms with Gasteiger partial charge in [0.2, 0.25) is 0 Å². The maximum atomic E-state index is 13.7. The van der Waals surface area contributed by atoms with Crippen LogP contribution < -0.4 is 14.2 Å². The van der Waals surface area contributed by atoms with E-state index < -0.39 is 0 Å². The first-order valence-electron chi connectivity index (χ1n) is 12.6. The van der Waals surface area contributed by atoms with Crippen molar-refractivity contribution in [1.29, 1.82) is 0 Å². The molecule has 4 aromatic rings. The molecular formula is C32H30FNO4. The van der Waals surface area contributed by atoms with Gasteiger partial charge in [-0.2, -0.15) is 0 Å². The van der Waals surface area contributed by atoms with E-state index in [1.807, 2.05) is 59.5 Å². The summed E-state index contributed by atoms with van der Waals surface area (Å²) in [6, 6.07) is 25.9. The molecule has 6 heteroatoms. The molecule has 4 aromatic carbocycles. The highest BCUT2D eigenvalue weighted by atomic mass is 19.1. The molecule has 0 radical (unpaired) electrons. The third-order valence-corrected chi connectivity index (χ3v) is 7.14. The van der Waals surface area contributed by atoms with E-state index in [1.54, 1.807) is 20.3 Å². The molecule has 1 amide bonds. The molecule has 1 aliphatic rings. The van der Waals surface area contributed by atoms with Gasteiger partial charge in [-0.3, -0.25) is 4.79 Å². The number of halogens is 1. The highest BCUT2D eigenvalue weighted by Crippen LogP contribution is 2.40. The fraction of sp³-hybridized carbons (Fsp3) is 0.219. The first-order chi connectivity index (χ1) is 18.5. The van der Waals surface area contributed by atoms with Crippen LogP contribution in [-0.4, -0.2) is 38.7 Å². The summed E-state index contributed by atoms with van der Waals surface area (Å²) >= 11 is 0. The third-order valence-electron chi connectivity index (χ3n) is 7.14. The number of hydrogen-bond donors (Lipinski definition) is 0. The van der Waals surface area contributed by atoms with Gasteiger partial charge in [0, 0.05) is 23.7 Å². The average Bonchev–Trinajstić information content (AvgIpc) is 2.97. The topological polar surface area (TPSA) is 48.0 Å². The van der Waals surface area contributed by atoms with Crippen molar-refractivity contribution in [3.8, 4) is 28.4 Å². The van der Waals surface area contributed by atoms with Gasteiger partial charge < -0.3 is 19.1 Å². The van der Waals surface area contributed by atoms with E-state index in [0.717, 1.165) is 34.2 Å². The van der Waals surface area contributed by atoms with Crippen LogP contribution >= 0.6 is 0 Å². The van der Waals surface area contributed by atoms with Gasteiger partial charge in [-0.15, -0.1) is 0 Å². The van der Waals surface area contributed by atoms with Crippen LogP contribution in [0, 0.1) is 5.82 Å². The quantitative estimate of drug-likeness (QED) is 0.284. The maximum absolute atomic E-state index is 13.7. The minimum absolute atomic E-state index is 0.00343. The monoisotopic (exact) mass is 511 g/mol. The fourth-order valence-electron chi connectivity index (χ4n) is 5.19. The predicted octanol–water partition coefficient (Wildman–Crippen LogP) is 6.50. The van der Waals surface area contributed by atoms with Gasteiger partial charge in [-0.25, -0.2) is 4.39 Å². The summed E-state index contributed by atoms with van der Waals surface area (Å²) in [7, 11) is 4.79. The van der Waals surface area contributed by atoms with Crippen LogP contribution in [-0.2, 0) is 12.8 Å². The Balaban J connectivity index is 1.51. The summed E-state index contributed by atoms with van der Waals surface area (Å²) in [6.07, 6.45) is 1.36. The molecule has 5 nitrogen and oxygen atoms in total. The maximum Gasteiger partial charge on any atom is 0.254 e. The summed E-state index contributed by atoms with van der Waals surface area (Å²) in [6.45, 7) is 0.603. The summed E-state index contributed by atoms with van der Waals surface area (Å²) in [4.78, 5) is 15.6. The molecule has 0 aliphatic carbocycles. The highest BCUT2D eigenvalue weighted by Gasteiger charge is 2.33. The Morgan fingerprint density at radius 1 is 0.842 bits per heavy atom. The van der Waals surface area contributed by atoms with E-state index in [2.05, 4.69) is 12.1 Å². The van der Waals surface area contributed by atoms with E-state index in [9.17, 15) is 9.18 Å². The highest BCUT2D eigenvalue weighted by molar-refractivity contribution is 5.94. The van der Waals surface area contributed by atoms with Crippen molar-refractivity contribution >= 4 is 5.91 Å². The number of nitrogens with zero attached hydrogens (tertiary/aromatic N) is 1. The largest absolute Gasteiger partial charge is 0.496 e. The summed E-state index contributed by atoms with van der Waals surface area (Å²) in [5, 5.41) is 0. The standard InChI is InChI=1S/C32H30FNO4/c1-36-29-19-25(33)13-14-26(29)22-11-9-21(10-12-22)17-28-27-20-31(38-3)30(37-2)18-24(27)15-16-34(28)32(35)23-7-5-4-6-8-23/h4-14,18-20,28H,15-17H2,1-3H3. The van der Waals surface area contributed by atoms with Crippen LogP contribution in [0.4, 0.5) is 4.39 Å². The number of hydrogen-bond acceptors (Lipinski definition) is 4. The molecular weight excluding hydrogens is 481 g/mol. The Hall–Kier alpha value is -4.32. The van der Waals surface area contributed by atoms with Crippen LogP contribution in [0.25, 0.3) is 11.1 Å². The Morgan fingerprint density at radius 2 is 1.53 bits per heavy atom. The average molecular weight is 512 g/mol. The third kappa shape index (κ3) is 4.94. The Bertz CT molecular complexity index is 1440. The number of methoxy groups -OCH3 is 3. The molecule has 0 aromatic heterocycles. The van der Waals surface area contributed by atoms with Crippen LogP contribution in [0.15, 0.2) is 84.9 Å². The minimum atomic E-state index is -0.339. The van der Waals surface area contributed by atoms with Crippen LogP contribution in [0.2, 0.25) is 0 Å². The van der Waals surface area contributed by atoms with Crippen molar-refractivity contribution in [1.82, 2.24) is 4.90 Å². The molecule has 0 N–H and O–H groups in total. The van der Waals surface area contributed by atoms with Crippen molar-refractivity contribution in [2.45, 2.75) is 18.9 Å². The SMILES string of the molecule is COc1cc2c(cc1OC)C(Cc1ccc(-c3ccc(F)cc3OC)cc1)N(C(=O)c1ccccc1)CC2. The molecule has 1 aliphatic heterocycles. The zero-order valence-electron chi connectivity index (χ0n) is 21.7. The first kappa shape index (κ1) is 25.3. The van der Waals surface area contributed by atoms with E-state index in [-0.39, 0.29) is 17.8 Å². The molecule has 38 heavy (non-hydrogen) atoms. The number of ether oxygens (including phenoxy) is 3. The zero-order valence-corrected chi connectivity index (χ0v) is 21.7. The smallest absolute Gasteiger partial charge is 0.254 e. The second-order valence-corrected chi connectivity index (χ2v) is 9.28. The molecule has 1 atom stereocenters. The lowest BCUT2D eigenvalue weighted by molar-refractivity contribution is 0.0659. The predicted molar refractivity (Wildman–Crippen MR) is 146 cm³/mol. The van der Waals surface area contributed by atoms with Gasteiger partial charge in [0.05, 0.1) is 27.4 Å². The van der Waals surface area contributed by atoms with Gasteiger partial charge >= 0.3 is 0 Å². The van der Waals surface area contributed by atoms with E-state index >= 15 is 0 Å². The molecule has 0 saturated heterocycles. The van der Waals surface area contributed by atoms with Crippen molar-refractivity contribution in [2.24, 2.45) is 0 Å². The molecule has 0 spiro atoms. The van der Waals surface area contributed by atoms with E-state index in [1.165, 1.54) is 19.2 Å². The molecule has 0 saturated carbocycles. The summed E-state index contributed by atoms with van der Waals surface area (Å²) < 4.78 is 30.2. The van der Waals surface area contributed by atoms with Crippen LogP contribution in [0.1, 0.15) is 33.1 Å². The molecule has 0 fully saturated rings. The number of carbonyl (C=O) groups excluding carboxylic acids is 1. The summed E-state index contributed by atoms with van der Waals surface area (Å²) in [5.74, 6) is 1.48. The number of fused-ring (bicyclic) bond motifs is 1. The van der Waals surface area contributed by atoms with Gasteiger partial charge in [0.15, 0.2) is 11.5 Å². The normalized spacial score (nSPS) is 14.5. The Labute approximate surface area is 222 Å². The van der Waals surface area contributed by atoms with Gasteiger partial charge in [-0.1, -0.05) is 42.5 Å². The van der Waals surface area contributed by atoms with Crippen molar-refractivity contribution in [2.75, 3.05) is 27.9 Å². The molecule has 194 valence electrons. The lowest BCUT2D eigenvalue weighted by Crippen LogP contribution is -2.41. The lowest BCUT2D eigenvalue weighted by Gasteiger charge is -2.38. The Kier molecular flexibility index (Phi) is 7.31. The molecule has 1 heterocycles. The van der Waals surface area contributed by atoms with Gasteiger partial charge in [0.25, 0.3) is 5.91 Å². The van der Waals surface area contributed by atoms with E-state index in [4.69, 9.17) is 14.2 Å². The second-order valence-electron chi connectivity index (χ2n) is 9.28. The van der Waals surface area contributed by atoms with Crippen molar-refractivity contribution in [3.05, 3.63) is 113 Å². The zero-order chi connectivity index (χ0) is 26.6. The van der Waals surface area contributed by atoms with E-state index in [0.29, 0.717) is 35.8 Å². The molecule has 1 unspecified atom stereocenters. The van der Waals surface area contributed by atoms with Crippen LogP contribution in [0.3, 0.4) is 0 Å². The van der Waals surface area contributed by atoms with Crippen molar-refractivity contribution < 1.29 is 23.4 Å². The van der Waals surface area contributed by atoms with Gasteiger partial charge in [-0.05, 0) is 71.5 Å². The summed E-state index contributed by atoms with van der Waals surface area (Å²) in [5.41, 5.74) is 5.70. The number of rotatable bonds is 7. The van der Waals surface area contributed by atoms with Crippen LogP contribution in [0.5, 0.6) is 17.2 Å². The second kappa shape index (κ2) is 11.0. The first-order valence-corrected chi connectivity index (χ1v) is 12.6. The number of carbonyl (C=O) groups is 1. The number of benzene rings is 4. The lowest BCUT2D eigenvalue weighted by atomic mass is 9.87. The molecule has 0 bridgehead atoms. The fourth-order valence-corrected chi connectivity index (χ4v) is 5.19. The number of amides is 1. The van der Waals surface area contributed by atoms with Crippen molar-refractivity contribution in [3.63, 3.8) is 0 Å². The molecule has 5 rings (SSSR count).